The molecule has 1 amide bonds. The molecule has 1 N–H and O–H groups in total. The Hall–Kier alpha value is -0.870. The smallest absolute Gasteiger partial charge is 0.407 e. The van der Waals surface area contributed by atoms with Crippen molar-refractivity contribution in [1.82, 2.24) is 5.32 Å². The molecule has 3 nitrogen and oxygen atoms in total. The van der Waals surface area contributed by atoms with Gasteiger partial charge in [-0.25, -0.2) is 13.6 Å². The Kier molecular flexibility index (Phi) is 3.76. The van der Waals surface area contributed by atoms with E-state index in [0.717, 1.165) is 0 Å². The Morgan fingerprint density at radius 2 is 2.00 bits per heavy atom. The monoisotopic (exact) mass is 235 g/mol. The van der Waals surface area contributed by atoms with Crippen LogP contribution in [0.4, 0.5) is 13.6 Å². The van der Waals surface area contributed by atoms with E-state index < -0.39 is 17.6 Å². The van der Waals surface area contributed by atoms with Gasteiger partial charge in [0.2, 0.25) is 5.92 Å². The van der Waals surface area contributed by atoms with Gasteiger partial charge in [-0.2, -0.15) is 0 Å². The van der Waals surface area contributed by atoms with Crippen LogP contribution in [0.15, 0.2) is 0 Å². The van der Waals surface area contributed by atoms with Crippen molar-refractivity contribution in [2.24, 2.45) is 5.92 Å². The van der Waals surface area contributed by atoms with Gasteiger partial charge in [0.1, 0.15) is 5.60 Å². The topological polar surface area (TPSA) is 38.3 Å². The fraction of sp³-hybridized carbons (Fsp3) is 0.909. The first kappa shape index (κ1) is 13.2. The van der Waals surface area contributed by atoms with Gasteiger partial charge in [0.15, 0.2) is 0 Å². The fourth-order valence-electron chi connectivity index (χ4n) is 1.68. The summed E-state index contributed by atoms with van der Waals surface area (Å²) in [6, 6.07) is 0. The first-order valence-electron chi connectivity index (χ1n) is 5.53. The summed E-state index contributed by atoms with van der Waals surface area (Å²) in [6.45, 7) is 5.73. The average Bonchev–Trinajstić information content (AvgIpc) is 1.96. The molecule has 0 aromatic carbocycles. The maximum atomic E-state index is 12.5. The van der Waals surface area contributed by atoms with Crippen molar-refractivity contribution >= 4 is 6.09 Å². The molecule has 5 heteroatoms. The molecule has 0 saturated heterocycles. The van der Waals surface area contributed by atoms with Crippen LogP contribution in [0.3, 0.4) is 0 Å². The first-order chi connectivity index (χ1) is 7.18. The van der Waals surface area contributed by atoms with Crippen molar-refractivity contribution in [3.63, 3.8) is 0 Å². The van der Waals surface area contributed by atoms with E-state index in [1.165, 1.54) is 0 Å². The highest BCUT2D eigenvalue weighted by Crippen LogP contribution is 2.43. The van der Waals surface area contributed by atoms with Crippen LogP contribution in [0.5, 0.6) is 0 Å². The fourth-order valence-corrected chi connectivity index (χ4v) is 1.68. The second-order valence-electron chi connectivity index (χ2n) is 5.35. The number of halogens is 2. The Morgan fingerprint density at radius 1 is 1.44 bits per heavy atom. The molecular formula is C11H19F2NO2. The van der Waals surface area contributed by atoms with E-state index in [2.05, 4.69) is 5.32 Å². The molecule has 1 rings (SSSR count). The zero-order valence-electron chi connectivity index (χ0n) is 9.98. The molecule has 0 spiro atoms. The Balaban J connectivity index is 2.06. The summed E-state index contributed by atoms with van der Waals surface area (Å²) >= 11 is 0. The third kappa shape index (κ3) is 4.77. The van der Waals surface area contributed by atoms with Crippen LogP contribution >= 0.6 is 0 Å². The molecule has 0 radical (unpaired) electrons. The Labute approximate surface area is 94.5 Å². The van der Waals surface area contributed by atoms with Crippen molar-refractivity contribution in [3.8, 4) is 0 Å². The highest BCUT2D eigenvalue weighted by molar-refractivity contribution is 5.67. The number of rotatable bonds is 3. The van der Waals surface area contributed by atoms with Gasteiger partial charge in [0.25, 0.3) is 0 Å². The van der Waals surface area contributed by atoms with Gasteiger partial charge < -0.3 is 10.1 Å². The predicted molar refractivity (Wildman–Crippen MR) is 56.5 cm³/mol. The van der Waals surface area contributed by atoms with Gasteiger partial charge in [-0.1, -0.05) is 0 Å². The largest absolute Gasteiger partial charge is 0.444 e. The van der Waals surface area contributed by atoms with E-state index in [4.69, 9.17) is 4.74 Å². The van der Waals surface area contributed by atoms with E-state index in [9.17, 15) is 13.6 Å². The quantitative estimate of drug-likeness (QED) is 0.816. The van der Waals surface area contributed by atoms with Gasteiger partial charge >= 0.3 is 6.09 Å². The van der Waals surface area contributed by atoms with Crippen LogP contribution in [0.1, 0.15) is 40.0 Å². The highest BCUT2D eigenvalue weighted by Gasteiger charge is 2.44. The lowest BCUT2D eigenvalue weighted by Crippen LogP contribution is -2.38. The highest BCUT2D eigenvalue weighted by atomic mass is 19.3. The van der Waals surface area contributed by atoms with Gasteiger partial charge in [0.05, 0.1) is 0 Å². The molecule has 0 atom stereocenters. The summed E-state index contributed by atoms with van der Waals surface area (Å²) in [6.07, 6.45) is -0.000488. The molecule has 0 unspecified atom stereocenters. The van der Waals surface area contributed by atoms with Gasteiger partial charge in [-0.3, -0.25) is 0 Å². The van der Waals surface area contributed by atoms with E-state index >= 15 is 0 Å². The van der Waals surface area contributed by atoms with Crippen molar-refractivity contribution < 1.29 is 18.3 Å². The number of alkyl carbamates (subject to hydrolysis) is 1. The third-order valence-corrected chi connectivity index (χ3v) is 2.40. The van der Waals surface area contributed by atoms with Crippen LogP contribution in [0.2, 0.25) is 0 Å². The molecule has 1 aliphatic rings. The SMILES string of the molecule is CC(C)(C)OC(=O)NCCC1CC(F)(F)C1. The minimum Gasteiger partial charge on any atom is -0.444 e. The van der Waals surface area contributed by atoms with E-state index in [-0.39, 0.29) is 18.8 Å². The minimum atomic E-state index is -2.48. The first-order valence-corrected chi connectivity index (χ1v) is 5.53. The van der Waals surface area contributed by atoms with Crippen LogP contribution in [-0.2, 0) is 4.74 Å². The van der Waals surface area contributed by atoms with Crippen LogP contribution in [0.25, 0.3) is 0 Å². The molecule has 94 valence electrons. The Morgan fingerprint density at radius 3 is 2.44 bits per heavy atom. The van der Waals surface area contributed by atoms with Gasteiger partial charge in [-0.05, 0) is 33.1 Å². The van der Waals surface area contributed by atoms with Gasteiger partial charge in [0, 0.05) is 19.4 Å². The molecule has 0 heterocycles. The number of hydrogen-bond donors (Lipinski definition) is 1. The van der Waals surface area contributed by atoms with Crippen molar-refractivity contribution in [2.45, 2.75) is 51.6 Å². The second kappa shape index (κ2) is 4.55. The van der Waals surface area contributed by atoms with Crippen molar-refractivity contribution in [1.29, 1.82) is 0 Å². The molecule has 16 heavy (non-hydrogen) atoms. The molecule has 1 fully saturated rings. The number of carbonyl (C=O) groups excluding carboxylic acids is 1. The molecule has 1 saturated carbocycles. The van der Waals surface area contributed by atoms with Crippen molar-refractivity contribution in [3.05, 3.63) is 0 Å². The van der Waals surface area contributed by atoms with E-state index in [1.54, 1.807) is 20.8 Å². The lowest BCUT2D eigenvalue weighted by atomic mass is 9.79. The molecule has 1 aliphatic carbocycles. The number of hydrogen-bond acceptors (Lipinski definition) is 2. The zero-order valence-corrected chi connectivity index (χ0v) is 9.98. The average molecular weight is 235 g/mol. The maximum absolute atomic E-state index is 12.5. The normalized spacial score (nSPS) is 20.1. The lowest BCUT2D eigenvalue weighted by molar-refractivity contribution is -0.111. The standard InChI is InChI=1S/C11H19F2NO2/c1-10(2,3)16-9(15)14-5-4-8-6-11(12,13)7-8/h8H,4-7H2,1-3H3,(H,14,15). The summed E-state index contributed by atoms with van der Waals surface area (Å²) in [5.74, 6) is -2.44. The summed E-state index contributed by atoms with van der Waals surface area (Å²) in [7, 11) is 0. The Bertz CT molecular complexity index is 253. The summed E-state index contributed by atoms with van der Waals surface area (Å²) in [5, 5.41) is 2.56. The van der Waals surface area contributed by atoms with E-state index in [0.29, 0.717) is 13.0 Å². The minimum absolute atomic E-state index is 0.0323. The van der Waals surface area contributed by atoms with Crippen molar-refractivity contribution in [2.75, 3.05) is 6.54 Å². The number of amides is 1. The second-order valence-corrected chi connectivity index (χ2v) is 5.35. The number of nitrogens with one attached hydrogen (secondary N) is 1. The summed E-state index contributed by atoms with van der Waals surface area (Å²) < 4.78 is 30.0. The molecule has 0 bridgehead atoms. The number of alkyl halides is 2. The molecule has 0 aliphatic heterocycles. The molecular weight excluding hydrogens is 216 g/mol. The molecule has 0 aromatic heterocycles. The summed E-state index contributed by atoms with van der Waals surface area (Å²) in [4.78, 5) is 11.2. The number of ether oxygens (including phenoxy) is 1. The van der Waals surface area contributed by atoms with E-state index in [1.807, 2.05) is 0 Å². The summed E-state index contributed by atoms with van der Waals surface area (Å²) in [5.41, 5.74) is -0.520. The van der Waals surface area contributed by atoms with Gasteiger partial charge in [-0.15, -0.1) is 0 Å². The zero-order chi connectivity index (χ0) is 12.4. The van der Waals surface area contributed by atoms with Crippen LogP contribution in [-0.4, -0.2) is 24.2 Å². The maximum Gasteiger partial charge on any atom is 0.407 e. The lowest BCUT2D eigenvalue weighted by Gasteiger charge is -2.34. The predicted octanol–water partition coefficient (Wildman–Crippen LogP) is 2.95. The van der Waals surface area contributed by atoms with Crippen LogP contribution in [0, 0.1) is 5.92 Å². The molecule has 0 aromatic rings. The third-order valence-electron chi connectivity index (χ3n) is 2.40. The number of carbonyl (C=O) groups is 1. The van der Waals surface area contributed by atoms with Crippen LogP contribution < -0.4 is 5.32 Å².